The molecule has 0 atom stereocenters. The van der Waals surface area contributed by atoms with Crippen LogP contribution in [0.15, 0.2) is 66.7 Å². The molecule has 0 amide bonds. The van der Waals surface area contributed by atoms with Crippen molar-refractivity contribution < 1.29 is 0 Å². The van der Waals surface area contributed by atoms with E-state index >= 15 is 0 Å². The minimum Gasteiger partial charge on any atom is -0.324 e. The number of hydrogen-bond acceptors (Lipinski definition) is 3. The Morgan fingerprint density at radius 2 is 1.65 bits per heavy atom. The van der Waals surface area contributed by atoms with Gasteiger partial charge in [-0.15, -0.1) is 0 Å². The zero-order valence-corrected chi connectivity index (χ0v) is 15.4. The van der Waals surface area contributed by atoms with Crippen molar-refractivity contribution in [3.05, 3.63) is 82.9 Å². The van der Waals surface area contributed by atoms with Gasteiger partial charge in [0.05, 0.1) is 11.2 Å². The first kappa shape index (κ1) is 16.6. The molecule has 4 heteroatoms. The summed E-state index contributed by atoms with van der Waals surface area (Å²) in [4.78, 5) is 9.49. The highest BCUT2D eigenvalue weighted by molar-refractivity contribution is 6.31. The Bertz CT molecular complexity index is 1090. The number of benzene rings is 3. The van der Waals surface area contributed by atoms with Gasteiger partial charge in [0.2, 0.25) is 5.95 Å². The molecule has 0 aliphatic heterocycles. The number of halogens is 1. The first-order valence-electron chi connectivity index (χ1n) is 8.48. The van der Waals surface area contributed by atoms with Gasteiger partial charge in [-0.25, -0.2) is 9.97 Å². The molecule has 0 radical (unpaired) electrons. The van der Waals surface area contributed by atoms with Crippen molar-refractivity contribution in [2.24, 2.45) is 0 Å². The molecule has 3 aromatic carbocycles. The van der Waals surface area contributed by atoms with Crippen LogP contribution in [0.5, 0.6) is 0 Å². The molecule has 3 nitrogen and oxygen atoms in total. The Morgan fingerprint density at radius 1 is 0.846 bits per heavy atom. The van der Waals surface area contributed by atoms with Gasteiger partial charge in [-0.05, 0) is 49.2 Å². The van der Waals surface area contributed by atoms with Gasteiger partial charge in [-0.2, -0.15) is 0 Å². The van der Waals surface area contributed by atoms with Crippen LogP contribution in [0, 0.1) is 13.8 Å². The molecule has 0 spiro atoms. The second kappa shape index (κ2) is 6.77. The van der Waals surface area contributed by atoms with Crippen molar-refractivity contribution in [2.45, 2.75) is 13.8 Å². The minimum absolute atomic E-state index is 0.576. The summed E-state index contributed by atoms with van der Waals surface area (Å²) in [5.74, 6) is 0.576. The fraction of sp³-hybridized carbons (Fsp3) is 0.0909. The lowest BCUT2D eigenvalue weighted by molar-refractivity contribution is 1.20. The molecular weight excluding hydrogens is 342 g/mol. The van der Waals surface area contributed by atoms with Crippen LogP contribution in [0.4, 0.5) is 11.6 Å². The number of nitrogens with zero attached hydrogens (tertiary/aromatic N) is 2. The van der Waals surface area contributed by atoms with Crippen LogP contribution in [0.25, 0.3) is 22.2 Å². The number of nitrogens with one attached hydrogen (secondary N) is 1. The number of fused-ring (bicyclic) bond motifs is 1. The van der Waals surface area contributed by atoms with Crippen molar-refractivity contribution in [1.29, 1.82) is 0 Å². The molecule has 1 heterocycles. The molecular formula is C22H18ClN3. The van der Waals surface area contributed by atoms with Gasteiger partial charge in [0.25, 0.3) is 0 Å². The highest BCUT2D eigenvalue weighted by Crippen LogP contribution is 2.30. The zero-order chi connectivity index (χ0) is 18.1. The fourth-order valence-corrected chi connectivity index (χ4v) is 3.15. The van der Waals surface area contributed by atoms with E-state index in [-0.39, 0.29) is 0 Å². The third-order valence-electron chi connectivity index (χ3n) is 4.56. The van der Waals surface area contributed by atoms with E-state index in [0.29, 0.717) is 11.0 Å². The molecule has 1 N–H and O–H groups in total. The van der Waals surface area contributed by atoms with Gasteiger partial charge < -0.3 is 5.32 Å². The molecule has 0 fully saturated rings. The van der Waals surface area contributed by atoms with Crippen LogP contribution in [0.3, 0.4) is 0 Å². The van der Waals surface area contributed by atoms with Crippen LogP contribution in [-0.4, -0.2) is 9.97 Å². The summed E-state index contributed by atoms with van der Waals surface area (Å²) in [5, 5.41) is 4.99. The maximum atomic E-state index is 6.21. The number of aryl methyl sites for hydroxylation is 1. The van der Waals surface area contributed by atoms with Gasteiger partial charge in [-0.3, -0.25) is 0 Å². The molecule has 4 aromatic rings. The molecule has 1 aromatic heterocycles. The lowest BCUT2D eigenvalue weighted by atomic mass is 10.1. The van der Waals surface area contributed by atoms with E-state index in [0.717, 1.165) is 27.8 Å². The predicted octanol–water partition coefficient (Wildman–Crippen LogP) is 6.31. The van der Waals surface area contributed by atoms with E-state index in [9.17, 15) is 0 Å². The van der Waals surface area contributed by atoms with Crippen LogP contribution >= 0.6 is 11.6 Å². The molecule has 0 bridgehead atoms. The number of hydrogen-bond donors (Lipinski definition) is 1. The molecule has 0 saturated carbocycles. The van der Waals surface area contributed by atoms with Gasteiger partial charge in [-0.1, -0.05) is 54.1 Å². The number of anilines is 2. The SMILES string of the molecule is Cc1cccc(Nc2nc(-c3ccccc3)c3cc(Cl)ccc3n2)c1C. The summed E-state index contributed by atoms with van der Waals surface area (Å²) in [5.41, 5.74) is 6.19. The van der Waals surface area contributed by atoms with E-state index in [1.807, 2.05) is 60.7 Å². The molecule has 0 unspecified atom stereocenters. The maximum absolute atomic E-state index is 6.21. The van der Waals surface area contributed by atoms with Crippen molar-refractivity contribution in [3.63, 3.8) is 0 Å². The van der Waals surface area contributed by atoms with Crippen LogP contribution in [0.1, 0.15) is 11.1 Å². The summed E-state index contributed by atoms with van der Waals surface area (Å²) in [7, 11) is 0. The highest BCUT2D eigenvalue weighted by atomic mass is 35.5. The fourth-order valence-electron chi connectivity index (χ4n) is 2.98. The van der Waals surface area contributed by atoms with Crippen molar-refractivity contribution in [3.8, 4) is 11.3 Å². The predicted molar refractivity (Wildman–Crippen MR) is 109 cm³/mol. The van der Waals surface area contributed by atoms with Crippen molar-refractivity contribution in [2.75, 3.05) is 5.32 Å². The Labute approximate surface area is 157 Å². The largest absolute Gasteiger partial charge is 0.324 e. The molecule has 26 heavy (non-hydrogen) atoms. The van der Waals surface area contributed by atoms with Crippen LogP contribution < -0.4 is 5.32 Å². The number of aromatic nitrogens is 2. The summed E-state index contributed by atoms with van der Waals surface area (Å²) in [6.07, 6.45) is 0. The smallest absolute Gasteiger partial charge is 0.228 e. The Balaban J connectivity index is 1.89. The average molecular weight is 360 g/mol. The quantitative estimate of drug-likeness (QED) is 0.465. The second-order valence-corrected chi connectivity index (χ2v) is 6.73. The second-order valence-electron chi connectivity index (χ2n) is 6.30. The third-order valence-corrected chi connectivity index (χ3v) is 4.79. The molecule has 0 saturated heterocycles. The first-order valence-corrected chi connectivity index (χ1v) is 8.85. The number of rotatable bonds is 3. The molecule has 128 valence electrons. The highest BCUT2D eigenvalue weighted by Gasteiger charge is 2.11. The van der Waals surface area contributed by atoms with E-state index in [4.69, 9.17) is 16.6 Å². The monoisotopic (exact) mass is 359 g/mol. The van der Waals surface area contributed by atoms with Crippen LogP contribution in [0.2, 0.25) is 5.02 Å². The lowest BCUT2D eigenvalue weighted by Gasteiger charge is -2.13. The zero-order valence-electron chi connectivity index (χ0n) is 14.6. The Morgan fingerprint density at radius 3 is 2.46 bits per heavy atom. The van der Waals surface area contributed by atoms with E-state index < -0.39 is 0 Å². The van der Waals surface area contributed by atoms with E-state index in [1.54, 1.807) is 0 Å². The van der Waals surface area contributed by atoms with E-state index in [2.05, 4.69) is 30.2 Å². The normalized spacial score (nSPS) is 10.9. The molecule has 0 aliphatic carbocycles. The summed E-state index contributed by atoms with van der Waals surface area (Å²) >= 11 is 6.21. The first-order chi connectivity index (χ1) is 12.6. The topological polar surface area (TPSA) is 37.8 Å². The Hall–Kier alpha value is -2.91. The minimum atomic E-state index is 0.576. The lowest BCUT2D eigenvalue weighted by Crippen LogP contribution is -2.01. The summed E-state index contributed by atoms with van der Waals surface area (Å²) in [6.45, 7) is 4.19. The summed E-state index contributed by atoms with van der Waals surface area (Å²) < 4.78 is 0. The third kappa shape index (κ3) is 3.14. The van der Waals surface area contributed by atoms with Crippen molar-refractivity contribution >= 4 is 34.1 Å². The van der Waals surface area contributed by atoms with Gasteiger partial charge >= 0.3 is 0 Å². The maximum Gasteiger partial charge on any atom is 0.228 e. The summed E-state index contributed by atoms with van der Waals surface area (Å²) in [6, 6.07) is 22.0. The molecule has 0 aliphatic rings. The average Bonchev–Trinajstić information content (AvgIpc) is 2.66. The van der Waals surface area contributed by atoms with Gasteiger partial charge in [0, 0.05) is 21.7 Å². The standard InChI is InChI=1S/C22H18ClN3/c1-14-7-6-10-19(15(14)2)24-22-25-20-12-11-17(23)13-18(20)21(26-22)16-8-4-3-5-9-16/h3-13H,1-2H3,(H,24,25,26). The van der Waals surface area contributed by atoms with Gasteiger partial charge in [0.1, 0.15) is 0 Å². The van der Waals surface area contributed by atoms with Crippen molar-refractivity contribution in [1.82, 2.24) is 9.97 Å². The van der Waals surface area contributed by atoms with E-state index in [1.165, 1.54) is 11.1 Å². The Kier molecular flexibility index (Phi) is 4.31. The molecule has 4 rings (SSSR count). The van der Waals surface area contributed by atoms with Crippen LogP contribution in [-0.2, 0) is 0 Å². The van der Waals surface area contributed by atoms with Gasteiger partial charge in [0.15, 0.2) is 0 Å².